The van der Waals surface area contributed by atoms with Crippen molar-refractivity contribution >= 4 is 11.8 Å². The number of carbonyl (C=O) groups excluding carboxylic acids is 2. The van der Waals surface area contributed by atoms with Gasteiger partial charge >= 0.3 is 0 Å². The second kappa shape index (κ2) is 9.98. The number of hydrogen-bond acceptors (Lipinski definition) is 3. The number of nitrogens with one attached hydrogen (secondary N) is 1. The van der Waals surface area contributed by atoms with Gasteiger partial charge in [0.2, 0.25) is 11.8 Å². The van der Waals surface area contributed by atoms with Gasteiger partial charge in [-0.1, -0.05) is 68.4 Å². The number of aromatic nitrogens is 2. The second-order valence-electron chi connectivity index (χ2n) is 8.80. The smallest absolute Gasteiger partial charge is 0.243 e. The summed E-state index contributed by atoms with van der Waals surface area (Å²) < 4.78 is 16.0. The van der Waals surface area contributed by atoms with E-state index in [1.165, 1.54) is 16.8 Å². The third-order valence-electron chi connectivity index (χ3n) is 6.11. The fraction of sp³-hybridized carbons (Fsp3) is 0.346. The maximum Gasteiger partial charge on any atom is 0.243 e. The molecular weight excluding hydrogens is 419 g/mol. The molecule has 1 saturated heterocycles. The zero-order chi connectivity index (χ0) is 23.4. The van der Waals surface area contributed by atoms with E-state index in [-0.39, 0.29) is 31.3 Å². The van der Waals surface area contributed by atoms with Crippen molar-refractivity contribution in [1.29, 1.82) is 0 Å². The van der Waals surface area contributed by atoms with Crippen molar-refractivity contribution in [3.8, 4) is 0 Å². The minimum Gasteiger partial charge on any atom is -0.343 e. The fourth-order valence-corrected chi connectivity index (χ4v) is 4.25. The lowest BCUT2D eigenvalue weighted by Gasteiger charge is -2.27. The van der Waals surface area contributed by atoms with Crippen LogP contribution in [0.25, 0.3) is 0 Å². The van der Waals surface area contributed by atoms with E-state index in [0.29, 0.717) is 5.92 Å². The van der Waals surface area contributed by atoms with Gasteiger partial charge in [-0.25, -0.2) is 9.37 Å². The monoisotopic (exact) mass is 448 g/mol. The summed E-state index contributed by atoms with van der Waals surface area (Å²) in [5.74, 6) is -0.249. The van der Waals surface area contributed by atoms with Crippen molar-refractivity contribution in [2.45, 2.75) is 51.0 Å². The average Bonchev–Trinajstić information content (AvgIpc) is 3.47. The molecule has 172 valence electrons. The van der Waals surface area contributed by atoms with Crippen molar-refractivity contribution in [3.05, 3.63) is 90.0 Å². The first-order chi connectivity index (χ1) is 15.9. The van der Waals surface area contributed by atoms with Crippen molar-refractivity contribution in [3.63, 3.8) is 0 Å². The molecule has 1 aromatic heterocycles. The van der Waals surface area contributed by atoms with E-state index in [9.17, 15) is 14.0 Å². The van der Waals surface area contributed by atoms with Gasteiger partial charge in [0.1, 0.15) is 18.8 Å². The number of imidazole rings is 1. The van der Waals surface area contributed by atoms with Gasteiger partial charge in [-0.15, -0.1) is 0 Å². The van der Waals surface area contributed by atoms with Crippen LogP contribution in [0.1, 0.15) is 48.9 Å². The molecule has 0 radical (unpaired) electrons. The molecule has 1 fully saturated rings. The highest BCUT2D eigenvalue weighted by Crippen LogP contribution is 2.27. The Morgan fingerprint density at radius 3 is 2.36 bits per heavy atom. The lowest BCUT2D eigenvalue weighted by molar-refractivity contribution is -0.139. The first kappa shape index (κ1) is 22.7. The molecule has 0 saturated carbocycles. The Hall–Kier alpha value is -3.48. The molecule has 2 heterocycles. The molecule has 3 aromatic rings. The van der Waals surface area contributed by atoms with Gasteiger partial charge < -0.3 is 14.8 Å². The summed E-state index contributed by atoms with van der Waals surface area (Å²) in [5, 5.41) is 3.09. The van der Waals surface area contributed by atoms with E-state index in [1.807, 2.05) is 42.5 Å². The van der Waals surface area contributed by atoms with Crippen LogP contribution in [0.4, 0.5) is 4.39 Å². The molecular formula is C26H29FN4O2. The van der Waals surface area contributed by atoms with E-state index >= 15 is 0 Å². The molecule has 1 aliphatic rings. The van der Waals surface area contributed by atoms with Gasteiger partial charge in [0, 0.05) is 18.8 Å². The van der Waals surface area contributed by atoms with Gasteiger partial charge in [0.15, 0.2) is 0 Å². The van der Waals surface area contributed by atoms with Crippen LogP contribution in [0, 0.1) is 0 Å². The number of likely N-dealkylation sites (tertiary alicyclic amines) is 1. The Morgan fingerprint density at radius 1 is 1.06 bits per heavy atom. The zero-order valence-electron chi connectivity index (χ0n) is 18.9. The van der Waals surface area contributed by atoms with E-state index in [1.54, 1.807) is 17.0 Å². The van der Waals surface area contributed by atoms with Gasteiger partial charge in [-0.2, -0.15) is 0 Å². The minimum absolute atomic E-state index is 0.00466. The van der Waals surface area contributed by atoms with Crippen molar-refractivity contribution in [1.82, 2.24) is 19.8 Å². The molecule has 3 atom stereocenters. The van der Waals surface area contributed by atoms with Crippen molar-refractivity contribution < 1.29 is 14.0 Å². The molecule has 4 rings (SSSR count). The molecule has 6 nitrogen and oxygen atoms in total. The maximum atomic E-state index is 14.3. The molecule has 0 aliphatic carbocycles. The first-order valence-electron chi connectivity index (χ1n) is 11.3. The summed E-state index contributed by atoms with van der Waals surface area (Å²) in [5.41, 5.74) is 3.07. The van der Waals surface area contributed by atoms with Crippen molar-refractivity contribution in [2.24, 2.45) is 0 Å². The summed E-state index contributed by atoms with van der Waals surface area (Å²) in [4.78, 5) is 31.5. The number of rotatable bonds is 7. The molecule has 0 bridgehead atoms. The molecule has 1 aliphatic heterocycles. The lowest BCUT2D eigenvalue weighted by Crippen LogP contribution is -2.47. The third-order valence-corrected chi connectivity index (χ3v) is 6.11. The number of carbonyl (C=O) groups is 2. The number of alkyl halides is 1. The largest absolute Gasteiger partial charge is 0.343 e. The Labute approximate surface area is 193 Å². The average molecular weight is 449 g/mol. The van der Waals surface area contributed by atoms with Crippen LogP contribution in [-0.4, -0.2) is 45.0 Å². The van der Waals surface area contributed by atoms with Crippen LogP contribution in [0.5, 0.6) is 0 Å². The van der Waals surface area contributed by atoms with Crippen LogP contribution in [-0.2, 0) is 16.1 Å². The minimum atomic E-state index is -1.23. The van der Waals surface area contributed by atoms with E-state index < -0.39 is 18.3 Å². The van der Waals surface area contributed by atoms with Gasteiger partial charge in [0.05, 0.1) is 18.9 Å². The predicted molar refractivity (Wildman–Crippen MR) is 124 cm³/mol. The summed E-state index contributed by atoms with van der Waals surface area (Å²) in [6, 6.07) is 16.6. The van der Waals surface area contributed by atoms with Crippen molar-refractivity contribution in [2.75, 3.05) is 6.54 Å². The van der Waals surface area contributed by atoms with E-state index in [2.05, 4.69) is 36.3 Å². The number of nitrogens with zero attached hydrogens (tertiary/aromatic N) is 3. The first-order valence-corrected chi connectivity index (χ1v) is 11.3. The fourth-order valence-electron chi connectivity index (χ4n) is 4.25. The number of amides is 2. The standard InChI is InChI=1S/C26H29FN4O2/c1-18(2)19-8-10-21(11-9-19)25(20-6-4-3-5-7-20)29-26(33)23-14-22(27)15-31(23)24(32)16-30-13-12-28-17-30/h3-13,17-18,22-23,25H,14-16H2,1-2H3,(H,29,33)/t22-,23+,25+/m1/s1. The van der Waals surface area contributed by atoms with Crippen LogP contribution in [0.2, 0.25) is 0 Å². The van der Waals surface area contributed by atoms with Gasteiger partial charge in [-0.05, 0) is 22.6 Å². The zero-order valence-corrected chi connectivity index (χ0v) is 18.9. The highest BCUT2D eigenvalue weighted by Gasteiger charge is 2.40. The number of halogens is 1. The van der Waals surface area contributed by atoms with Crippen LogP contribution in [0.15, 0.2) is 73.3 Å². The summed E-state index contributed by atoms with van der Waals surface area (Å²) in [6.07, 6.45) is 3.54. The highest BCUT2D eigenvalue weighted by molar-refractivity contribution is 5.88. The van der Waals surface area contributed by atoms with E-state index in [0.717, 1.165) is 11.1 Å². The SMILES string of the molecule is CC(C)c1ccc([C@@H](NC(=O)[C@@H]2C[C@@H](F)CN2C(=O)Cn2ccnc2)c2ccccc2)cc1. The van der Waals surface area contributed by atoms with Gasteiger partial charge in [-0.3, -0.25) is 9.59 Å². The topological polar surface area (TPSA) is 67.2 Å². The highest BCUT2D eigenvalue weighted by atomic mass is 19.1. The van der Waals surface area contributed by atoms with Crippen LogP contribution >= 0.6 is 0 Å². The van der Waals surface area contributed by atoms with E-state index in [4.69, 9.17) is 0 Å². The molecule has 2 aromatic carbocycles. The third kappa shape index (κ3) is 5.30. The quantitative estimate of drug-likeness (QED) is 0.597. The Kier molecular flexibility index (Phi) is 6.87. The van der Waals surface area contributed by atoms with Gasteiger partial charge in [0.25, 0.3) is 0 Å². The molecule has 0 spiro atoms. The Bertz CT molecular complexity index is 1070. The molecule has 2 amide bonds. The summed E-state index contributed by atoms with van der Waals surface area (Å²) in [7, 11) is 0. The normalized spacial score (nSPS) is 19.0. The Balaban J connectivity index is 1.56. The molecule has 0 unspecified atom stereocenters. The number of benzene rings is 2. The predicted octanol–water partition coefficient (Wildman–Crippen LogP) is 3.85. The summed E-state index contributed by atoms with van der Waals surface area (Å²) in [6.45, 7) is 4.21. The van der Waals surface area contributed by atoms with Crippen LogP contribution < -0.4 is 5.32 Å². The molecule has 7 heteroatoms. The Morgan fingerprint density at radius 2 is 1.73 bits per heavy atom. The summed E-state index contributed by atoms with van der Waals surface area (Å²) >= 11 is 0. The maximum absolute atomic E-state index is 14.3. The molecule has 1 N–H and O–H groups in total. The molecule has 33 heavy (non-hydrogen) atoms. The lowest BCUT2D eigenvalue weighted by atomic mass is 9.95. The number of hydrogen-bond donors (Lipinski definition) is 1. The second-order valence-corrected chi connectivity index (χ2v) is 8.80. The van der Waals surface area contributed by atoms with Crippen LogP contribution in [0.3, 0.4) is 0 Å².